The summed E-state index contributed by atoms with van der Waals surface area (Å²) in [5, 5.41) is 16.7. The lowest BCUT2D eigenvalue weighted by molar-refractivity contribution is -0.145. The number of carboxylic acids is 1. The molecule has 6 nitrogen and oxygen atoms in total. The summed E-state index contributed by atoms with van der Waals surface area (Å²) in [7, 11) is 0. The first-order valence-corrected chi connectivity index (χ1v) is 2.45. The molecule has 0 spiro atoms. The maximum atomic E-state index is 10.3. The summed E-state index contributed by atoms with van der Waals surface area (Å²) in [5.74, 6) is 2.84. The van der Waals surface area contributed by atoms with Gasteiger partial charge >= 0.3 is 5.97 Å². The lowest BCUT2D eigenvalue weighted by atomic mass is 10.5. The van der Waals surface area contributed by atoms with Crippen LogP contribution in [0.5, 0.6) is 0 Å². The van der Waals surface area contributed by atoms with Crippen LogP contribution in [0, 0.1) is 0 Å². The van der Waals surface area contributed by atoms with E-state index in [-0.39, 0.29) is 0 Å². The molecule has 58 valence electrons. The van der Waals surface area contributed by atoms with Gasteiger partial charge in [-0.1, -0.05) is 0 Å². The minimum atomic E-state index is -1.22. The van der Waals surface area contributed by atoms with Crippen molar-refractivity contribution in [3.63, 3.8) is 0 Å². The molecule has 0 aromatic heterocycles. The molecule has 0 atom stereocenters. The van der Waals surface area contributed by atoms with Gasteiger partial charge in [-0.15, -0.1) is 0 Å². The fraction of sp³-hybridized carbons (Fsp3) is 0.500. The SMILES string of the molecule is NN(CC(=O)O)C(=O)CO. The van der Waals surface area contributed by atoms with Crippen LogP contribution in [0.3, 0.4) is 0 Å². The number of nitrogens with two attached hydrogens (primary N) is 1. The highest BCUT2D eigenvalue weighted by atomic mass is 16.4. The third-order valence-electron chi connectivity index (χ3n) is 0.761. The smallest absolute Gasteiger partial charge is 0.324 e. The van der Waals surface area contributed by atoms with E-state index < -0.39 is 25.0 Å². The number of rotatable bonds is 3. The molecule has 0 unspecified atom stereocenters. The first-order chi connectivity index (χ1) is 4.57. The lowest BCUT2D eigenvalue weighted by Gasteiger charge is -2.10. The zero-order chi connectivity index (χ0) is 8.15. The van der Waals surface area contributed by atoms with E-state index in [9.17, 15) is 9.59 Å². The lowest BCUT2D eigenvalue weighted by Crippen LogP contribution is -2.42. The van der Waals surface area contributed by atoms with Gasteiger partial charge in [-0.3, -0.25) is 14.6 Å². The predicted octanol–water partition coefficient (Wildman–Crippen LogP) is -2.23. The Kier molecular flexibility index (Phi) is 3.37. The first kappa shape index (κ1) is 8.86. The Hall–Kier alpha value is -1.14. The standard InChI is InChI=1S/C4H8N2O4/c5-6(1-4(9)10)3(8)2-7/h7H,1-2,5H2,(H,9,10). The third-order valence-corrected chi connectivity index (χ3v) is 0.761. The molecule has 0 aliphatic heterocycles. The Labute approximate surface area is 56.8 Å². The van der Waals surface area contributed by atoms with E-state index in [1.165, 1.54) is 0 Å². The van der Waals surface area contributed by atoms with E-state index in [2.05, 4.69) is 0 Å². The van der Waals surface area contributed by atoms with E-state index in [0.717, 1.165) is 0 Å². The molecule has 0 heterocycles. The maximum Gasteiger partial charge on any atom is 0.324 e. The third kappa shape index (κ3) is 3.00. The van der Waals surface area contributed by atoms with Crippen LogP contribution < -0.4 is 5.84 Å². The van der Waals surface area contributed by atoms with Crippen molar-refractivity contribution in [3.05, 3.63) is 0 Å². The molecular formula is C4H8N2O4. The molecule has 1 amide bonds. The number of carboxylic acid groups (broad SMARTS) is 1. The molecule has 0 aliphatic carbocycles. The van der Waals surface area contributed by atoms with Crippen molar-refractivity contribution in [2.75, 3.05) is 13.2 Å². The van der Waals surface area contributed by atoms with Crippen LogP contribution in [0.2, 0.25) is 0 Å². The van der Waals surface area contributed by atoms with Gasteiger partial charge in [0, 0.05) is 0 Å². The number of aliphatic carboxylic acids is 1. The van der Waals surface area contributed by atoms with Gasteiger partial charge in [0.05, 0.1) is 0 Å². The average Bonchev–Trinajstić information content (AvgIpc) is 1.85. The second-order valence-corrected chi connectivity index (χ2v) is 1.57. The first-order valence-electron chi connectivity index (χ1n) is 2.45. The van der Waals surface area contributed by atoms with Crippen molar-refractivity contribution in [1.29, 1.82) is 0 Å². The highest BCUT2D eigenvalue weighted by Gasteiger charge is 2.10. The number of carbonyl (C=O) groups excluding carboxylic acids is 1. The monoisotopic (exact) mass is 148 g/mol. The number of nitrogens with zero attached hydrogens (tertiary/aromatic N) is 1. The van der Waals surface area contributed by atoms with Crippen LogP contribution >= 0.6 is 0 Å². The zero-order valence-electron chi connectivity index (χ0n) is 5.15. The summed E-state index contributed by atoms with van der Waals surface area (Å²) in [6.07, 6.45) is 0. The van der Waals surface area contributed by atoms with E-state index >= 15 is 0 Å². The fourth-order valence-corrected chi connectivity index (χ4v) is 0.325. The Morgan fingerprint density at radius 1 is 1.50 bits per heavy atom. The van der Waals surface area contributed by atoms with Crippen LogP contribution in [-0.2, 0) is 9.59 Å². The van der Waals surface area contributed by atoms with Crippen LogP contribution in [-0.4, -0.2) is 40.3 Å². The fourth-order valence-electron chi connectivity index (χ4n) is 0.325. The number of amides is 1. The molecule has 0 aromatic rings. The molecule has 0 rings (SSSR count). The normalized spacial score (nSPS) is 9.00. The van der Waals surface area contributed by atoms with Crippen LogP contribution in [0.1, 0.15) is 0 Å². The van der Waals surface area contributed by atoms with Crippen molar-refractivity contribution in [2.45, 2.75) is 0 Å². The van der Waals surface area contributed by atoms with E-state index in [1.807, 2.05) is 0 Å². The summed E-state index contributed by atoms with van der Waals surface area (Å²) in [6.45, 7) is -1.37. The molecule has 0 fully saturated rings. The van der Waals surface area contributed by atoms with Crippen molar-refractivity contribution < 1.29 is 19.8 Å². The summed E-state index contributed by atoms with van der Waals surface area (Å²) in [5.41, 5.74) is 0. The molecule has 6 heteroatoms. The minimum absolute atomic E-state index is 0.433. The maximum absolute atomic E-state index is 10.3. The average molecular weight is 148 g/mol. The van der Waals surface area contributed by atoms with Gasteiger partial charge < -0.3 is 10.2 Å². The highest BCUT2D eigenvalue weighted by Crippen LogP contribution is 1.77. The molecule has 0 aromatic carbocycles. The van der Waals surface area contributed by atoms with E-state index in [0.29, 0.717) is 5.01 Å². The summed E-state index contributed by atoms with van der Waals surface area (Å²) in [4.78, 5) is 20.2. The number of hydrogen-bond donors (Lipinski definition) is 3. The van der Waals surface area contributed by atoms with Gasteiger partial charge in [-0.25, -0.2) is 5.84 Å². The Morgan fingerprint density at radius 2 is 2.00 bits per heavy atom. The number of aliphatic hydroxyl groups is 1. The molecular weight excluding hydrogens is 140 g/mol. The van der Waals surface area contributed by atoms with Gasteiger partial charge in [0.1, 0.15) is 13.2 Å². The molecule has 0 aliphatic rings. The number of aliphatic hydroxyl groups excluding tert-OH is 1. The highest BCUT2D eigenvalue weighted by molar-refractivity contribution is 5.81. The Balaban J connectivity index is 3.72. The summed E-state index contributed by atoms with van der Waals surface area (Å²) < 4.78 is 0. The van der Waals surface area contributed by atoms with E-state index in [1.54, 1.807) is 0 Å². The Bertz CT molecular complexity index is 146. The number of carbonyl (C=O) groups is 2. The molecule has 0 bridgehead atoms. The summed E-state index contributed by atoms with van der Waals surface area (Å²) >= 11 is 0. The Morgan fingerprint density at radius 3 is 2.30 bits per heavy atom. The number of hydrazine groups is 1. The van der Waals surface area contributed by atoms with Crippen LogP contribution in [0.25, 0.3) is 0 Å². The van der Waals surface area contributed by atoms with Crippen molar-refractivity contribution in [2.24, 2.45) is 5.84 Å². The second-order valence-electron chi connectivity index (χ2n) is 1.57. The van der Waals surface area contributed by atoms with Gasteiger partial charge in [0.25, 0.3) is 5.91 Å². The topological polar surface area (TPSA) is 104 Å². The van der Waals surface area contributed by atoms with E-state index in [4.69, 9.17) is 16.1 Å². The second kappa shape index (κ2) is 3.80. The van der Waals surface area contributed by atoms with Crippen LogP contribution in [0.4, 0.5) is 0 Å². The van der Waals surface area contributed by atoms with Gasteiger partial charge in [0.2, 0.25) is 0 Å². The minimum Gasteiger partial charge on any atom is -0.480 e. The molecule has 0 saturated heterocycles. The molecule has 0 radical (unpaired) electrons. The predicted molar refractivity (Wildman–Crippen MR) is 30.6 cm³/mol. The van der Waals surface area contributed by atoms with Gasteiger partial charge in [-0.05, 0) is 0 Å². The quantitative estimate of drug-likeness (QED) is 0.238. The van der Waals surface area contributed by atoms with Crippen molar-refractivity contribution in [3.8, 4) is 0 Å². The van der Waals surface area contributed by atoms with Gasteiger partial charge in [-0.2, -0.15) is 0 Å². The molecule has 0 saturated carbocycles. The zero-order valence-corrected chi connectivity index (χ0v) is 5.15. The molecule has 10 heavy (non-hydrogen) atoms. The van der Waals surface area contributed by atoms with Crippen LogP contribution in [0.15, 0.2) is 0 Å². The summed E-state index contributed by atoms with van der Waals surface area (Å²) in [6, 6.07) is 0. The van der Waals surface area contributed by atoms with Gasteiger partial charge in [0.15, 0.2) is 0 Å². The van der Waals surface area contributed by atoms with Crippen molar-refractivity contribution in [1.82, 2.24) is 5.01 Å². The number of hydrogen-bond acceptors (Lipinski definition) is 4. The largest absolute Gasteiger partial charge is 0.480 e. The molecule has 4 N–H and O–H groups in total. The van der Waals surface area contributed by atoms with Crippen molar-refractivity contribution >= 4 is 11.9 Å².